The lowest BCUT2D eigenvalue weighted by Gasteiger charge is -2.18. The van der Waals surface area contributed by atoms with E-state index in [1.807, 2.05) is 19.0 Å². The van der Waals surface area contributed by atoms with E-state index in [0.29, 0.717) is 17.7 Å². The minimum absolute atomic E-state index is 0.115. The van der Waals surface area contributed by atoms with Crippen LogP contribution in [0.5, 0.6) is 0 Å². The molecule has 0 saturated carbocycles. The predicted octanol–water partition coefficient (Wildman–Crippen LogP) is 3.17. The number of anilines is 2. The lowest BCUT2D eigenvalue weighted by Crippen LogP contribution is -2.25. The van der Waals surface area contributed by atoms with Crippen molar-refractivity contribution >= 4 is 23.2 Å². The number of carbonyl (C=O) groups excluding carboxylic acids is 2. The fourth-order valence-corrected chi connectivity index (χ4v) is 2.31. The fraction of sp³-hybridized carbons (Fsp3) is 0.263. The number of benzene rings is 2. The van der Waals surface area contributed by atoms with Gasteiger partial charge < -0.3 is 15.5 Å². The minimum atomic E-state index is -0.315. The van der Waals surface area contributed by atoms with E-state index in [1.54, 1.807) is 37.3 Å². The Hall–Kier alpha value is -2.89. The summed E-state index contributed by atoms with van der Waals surface area (Å²) in [4.78, 5) is 26.0. The maximum Gasteiger partial charge on any atom is 0.253 e. The first kappa shape index (κ1) is 18.4. The third kappa shape index (κ3) is 5.04. The average Bonchev–Trinajstić information content (AvgIpc) is 2.60. The number of nitrogens with zero attached hydrogens (tertiary/aromatic N) is 1. The maximum atomic E-state index is 12.9. The number of rotatable bonds is 6. The van der Waals surface area contributed by atoms with Crippen LogP contribution in [-0.4, -0.2) is 25.9 Å². The van der Waals surface area contributed by atoms with Gasteiger partial charge in [0.25, 0.3) is 5.91 Å². The molecule has 0 aliphatic rings. The molecule has 0 fully saturated rings. The molecule has 0 aliphatic carbocycles. The van der Waals surface area contributed by atoms with Gasteiger partial charge in [-0.15, -0.1) is 0 Å². The highest BCUT2D eigenvalue weighted by atomic mass is 19.1. The summed E-state index contributed by atoms with van der Waals surface area (Å²) in [5, 5.41) is 5.58. The summed E-state index contributed by atoms with van der Waals surface area (Å²) in [6.07, 6.45) is 0.363. The van der Waals surface area contributed by atoms with Gasteiger partial charge in [0.15, 0.2) is 0 Å². The van der Waals surface area contributed by atoms with Gasteiger partial charge in [0.1, 0.15) is 5.82 Å². The summed E-state index contributed by atoms with van der Waals surface area (Å²) < 4.78 is 12.9. The summed E-state index contributed by atoms with van der Waals surface area (Å²) in [5.41, 5.74) is 2.58. The van der Waals surface area contributed by atoms with Gasteiger partial charge in [0.05, 0.1) is 5.56 Å². The molecule has 0 aliphatic heterocycles. The van der Waals surface area contributed by atoms with E-state index in [-0.39, 0.29) is 24.2 Å². The molecule has 0 unspecified atom stereocenters. The Morgan fingerprint density at radius 3 is 2.36 bits per heavy atom. The molecule has 2 amide bonds. The third-order valence-corrected chi connectivity index (χ3v) is 3.69. The number of amides is 2. The van der Waals surface area contributed by atoms with Crippen LogP contribution in [-0.2, 0) is 11.3 Å². The molecule has 2 N–H and O–H groups in total. The zero-order chi connectivity index (χ0) is 18.4. The summed E-state index contributed by atoms with van der Waals surface area (Å²) >= 11 is 0. The van der Waals surface area contributed by atoms with Gasteiger partial charge in [-0.05, 0) is 35.9 Å². The molecule has 0 saturated heterocycles. The molecule has 2 aromatic rings. The van der Waals surface area contributed by atoms with Crippen molar-refractivity contribution in [3.05, 3.63) is 59.4 Å². The predicted molar refractivity (Wildman–Crippen MR) is 97.3 cm³/mol. The lowest BCUT2D eigenvalue weighted by atomic mass is 10.1. The molecule has 0 spiro atoms. The fourth-order valence-electron chi connectivity index (χ4n) is 2.31. The molecule has 132 valence electrons. The molecule has 5 nitrogen and oxygen atoms in total. The van der Waals surface area contributed by atoms with Crippen LogP contribution in [0.3, 0.4) is 0 Å². The first-order valence-electron chi connectivity index (χ1n) is 8.04. The number of carbonyl (C=O) groups is 2. The molecule has 2 aromatic carbocycles. The number of hydrogen-bond acceptors (Lipinski definition) is 3. The summed E-state index contributed by atoms with van der Waals surface area (Å²) in [6, 6.07) is 11.2. The second kappa shape index (κ2) is 8.28. The lowest BCUT2D eigenvalue weighted by molar-refractivity contribution is -0.115. The largest absolute Gasteiger partial charge is 0.377 e. The molecule has 0 bridgehead atoms. The highest BCUT2D eigenvalue weighted by Crippen LogP contribution is 2.23. The summed E-state index contributed by atoms with van der Waals surface area (Å²) in [6.45, 7) is 2.05. The molecule has 2 rings (SSSR count). The summed E-state index contributed by atoms with van der Waals surface area (Å²) in [7, 11) is 3.69. The van der Waals surface area contributed by atoms with Crippen LogP contribution in [0, 0.1) is 5.82 Å². The first-order chi connectivity index (χ1) is 11.9. The van der Waals surface area contributed by atoms with Crippen molar-refractivity contribution in [2.75, 3.05) is 24.3 Å². The quantitative estimate of drug-likeness (QED) is 0.847. The Balaban J connectivity index is 2.18. The van der Waals surface area contributed by atoms with E-state index in [2.05, 4.69) is 10.6 Å². The number of halogens is 1. The van der Waals surface area contributed by atoms with Gasteiger partial charge in [-0.2, -0.15) is 0 Å². The van der Waals surface area contributed by atoms with Gasteiger partial charge in [-0.25, -0.2) is 4.39 Å². The Morgan fingerprint density at radius 1 is 1.08 bits per heavy atom. The Labute approximate surface area is 146 Å². The highest BCUT2D eigenvalue weighted by Gasteiger charge is 2.14. The minimum Gasteiger partial charge on any atom is -0.377 e. The van der Waals surface area contributed by atoms with Gasteiger partial charge in [0.2, 0.25) is 5.91 Å². The molecular formula is C19H22FN3O2. The maximum absolute atomic E-state index is 12.9. The zero-order valence-electron chi connectivity index (χ0n) is 14.6. The van der Waals surface area contributed by atoms with E-state index in [1.165, 1.54) is 12.1 Å². The monoisotopic (exact) mass is 343 g/mol. The Kier molecular flexibility index (Phi) is 6.11. The number of nitrogens with one attached hydrogen (secondary N) is 2. The molecule has 0 aromatic heterocycles. The van der Waals surface area contributed by atoms with Crippen molar-refractivity contribution in [1.29, 1.82) is 0 Å². The van der Waals surface area contributed by atoms with Crippen LogP contribution in [0.25, 0.3) is 0 Å². The second-order valence-electron chi connectivity index (χ2n) is 5.84. The molecule has 25 heavy (non-hydrogen) atoms. The zero-order valence-corrected chi connectivity index (χ0v) is 14.6. The average molecular weight is 343 g/mol. The smallest absolute Gasteiger partial charge is 0.253 e. The van der Waals surface area contributed by atoms with Crippen molar-refractivity contribution in [3.63, 3.8) is 0 Å². The van der Waals surface area contributed by atoms with Crippen LogP contribution in [0.4, 0.5) is 15.8 Å². The normalized spacial score (nSPS) is 10.2. The van der Waals surface area contributed by atoms with Crippen molar-refractivity contribution < 1.29 is 14.0 Å². The van der Waals surface area contributed by atoms with Crippen LogP contribution >= 0.6 is 0 Å². The van der Waals surface area contributed by atoms with Crippen LogP contribution in [0.2, 0.25) is 0 Å². The van der Waals surface area contributed by atoms with Crippen LogP contribution in [0.15, 0.2) is 42.5 Å². The van der Waals surface area contributed by atoms with E-state index in [0.717, 1.165) is 11.3 Å². The molecule has 0 heterocycles. The van der Waals surface area contributed by atoms with Crippen molar-refractivity contribution in [3.8, 4) is 0 Å². The van der Waals surface area contributed by atoms with E-state index < -0.39 is 0 Å². The molecular weight excluding hydrogens is 321 g/mol. The van der Waals surface area contributed by atoms with Gasteiger partial charge in [-0.3, -0.25) is 9.59 Å². The van der Waals surface area contributed by atoms with E-state index in [9.17, 15) is 14.0 Å². The third-order valence-electron chi connectivity index (χ3n) is 3.69. The molecule has 0 radical (unpaired) electrons. The molecule has 6 heteroatoms. The first-order valence-corrected chi connectivity index (χ1v) is 8.04. The molecule has 0 atom stereocenters. The SMILES string of the molecule is CCC(=O)Nc1ccc(N(C)C)c(C(=O)NCc2ccc(F)cc2)c1. The van der Waals surface area contributed by atoms with Crippen LogP contribution in [0.1, 0.15) is 29.3 Å². The topological polar surface area (TPSA) is 61.4 Å². The van der Waals surface area contributed by atoms with E-state index in [4.69, 9.17) is 0 Å². The highest BCUT2D eigenvalue weighted by molar-refractivity contribution is 6.02. The standard InChI is InChI=1S/C19H22FN3O2/c1-4-18(24)22-15-9-10-17(23(2)3)16(11-15)19(25)21-12-13-5-7-14(20)8-6-13/h5-11H,4,12H2,1-3H3,(H,21,25)(H,22,24). The summed E-state index contributed by atoms with van der Waals surface area (Å²) in [5.74, 6) is -0.694. The van der Waals surface area contributed by atoms with Crippen molar-refractivity contribution in [1.82, 2.24) is 5.32 Å². The Bertz CT molecular complexity index is 758. The van der Waals surface area contributed by atoms with Gasteiger partial charge >= 0.3 is 0 Å². The van der Waals surface area contributed by atoms with Gasteiger partial charge in [0, 0.05) is 38.4 Å². The second-order valence-corrected chi connectivity index (χ2v) is 5.84. The van der Waals surface area contributed by atoms with Crippen LogP contribution < -0.4 is 15.5 Å². The van der Waals surface area contributed by atoms with Gasteiger partial charge in [-0.1, -0.05) is 19.1 Å². The van der Waals surface area contributed by atoms with Crippen molar-refractivity contribution in [2.45, 2.75) is 19.9 Å². The number of hydrogen-bond donors (Lipinski definition) is 2. The Morgan fingerprint density at radius 2 is 1.76 bits per heavy atom. The van der Waals surface area contributed by atoms with E-state index >= 15 is 0 Å². The van der Waals surface area contributed by atoms with Crippen molar-refractivity contribution in [2.24, 2.45) is 0 Å².